The van der Waals surface area contributed by atoms with Crippen molar-refractivity contribution in [2.24, 2.45) is 11.3 Å². The van der Waals surface area contributed by atoms with Crippen LogP contribution in [-0.2, 0) is 14.9 Å². The Balaban J connectivity index is 1.79. The average Bonchev–Trinajstić information content (AvgIpc) is 3.07. The van der Waals surface area contributed by atoms with Gasteiger partial charge in [0.05, 0.1) is 17.6 Å². The molecule has 5 heteroatoms. The van der Waals surface area contributed by atoms with Crippen LogP contribution in [0.2, 0.25) is 0 Å². The summed E-state index contributed by atoms with van der Waals surface area (Å²) >= 11 is 0. The molecule has 1 aromatic heterocycles. The standard InChI is InChI=1S/C24H27NO4/c1-23-9-8-21(26)24(2,22(27)28)20(23)12-19(29-3)15-11-18-14(10-16(15)23)13-6-4-5-7-17(13)25-18/h4-7,10-11,19-21,25-26H,8-9,12H2,1-3H3,(H,27,28)/t19?,20-,21+,23-,24+/m1/s1. The molecule has 0 saturated heterocycles. The van der Waals surface area contributed by atoms with E-state index in [1.807, 2.05) is 12.1 Å². The summed E-state index contributed by atoms with van der Waals surface area (Å²) in [4.78, 5) is 15.8. The molecule has 5 atom stereocenters. The molecule has 29 heavy (non-hydrogen) atoms. The van der Waals surface area contributed by atoms with Gasteiger partial charge in [-0.15, -0.1) is 0 Å². The molecule has 2 aromatic carbocycles. The van der Waals surface area contributed by atoms with Crippen LogP contribution in [0.5, 0.6) is 0 Å². The molecule has 0 radical (unpaired) electrons. The number of nitrogens with one attached hydrogen (secondary N) is 1. The molecule has 5 nitrogen and oxygen atoms in total. The summed E-state index contributed by atoms with van der Waals surface area (Å²) in [5.41, 5.74) is 2.94. The van der Waals surface area contributed by atoms with Gasteiger partial charge in [-0.1, -0.05) is 25.1 Å². The number of aliphatic carboxylic acids is 1. The number of fused-ring (bicyclic) bond motifs is 6. The van der Waals surface area contributed by atoms with Crippen LogP contribution >= 0.6 is 0 Å². The van der Waals surface area contributed by atoms with Gasteiger partial charge in [-0.2, -0.15) is 0 Å². The van der Waals surface area contributed by atoms with Crippen LogP contribution in [-0.4, -0.2) is 34.4 Å². The van der Waals surface area contributed by atoms with E-state index in [4.69, 9.17) is 4.74 Å². The van der Waals surface area contributed by atoms with Crippen molar-refractivity contribution in [3.8, 4) is 0 Å². The number of hydrogen-bond donors (Lipinski definition) is 3. The van der Waals surface area contributed by atoms with Gasteiger partial charge in [-0.3, -0.25) is 4.79 Å². The highest BCUT2D eigenvalue weighted by Gasteiger charge is 2.60. The average molecular weight is 393 g/mol. The first kappa shape index (κ1) is 18.6. The normalized spacial score (nSPS) is 34.1. The van der Waals surface area contributed by atoms with Gasteiger partial charge >= 0.3 is 5.97 Å². The van der Waals surface area contributed by atoms with Crippen LogP contribution in [0.3, 0.4) is 0 Å². The Morgan fingerprint density at radius 3 is 2.66 bits per heavy atom. The largest absolute Gasteiger partial charge is 0.481 e. The number of methoxy groups -OCH3 is 1. The fourth-order valence-corrected chi connectivity index (χ4v) is 6.16. The van der Waals surface area contributed by atoms with Gasteiger partial charge in [0.15, 0.2) is 0 Å². The lowest BCUT2D eigenvalue weighted by atomic mass is 9.48. The lowest BCUT2D eigenvalue weighted by molar-refractivity contribution is -0.174. The number of carbonyl (C=O) groups is 1. The molecule has 0 aliphatic heterocycles. The number of ether oxygens (including phenoxy) is 1. The third-order valence-corrected chi connectivity index (χ3v) is 7.96. The maximum Gasteiger partial charge on any atom is 0.312 e. The molecule has 2 aliphatic carbocycles. The smallest absolute Gasteiger partial charge is 0.312 e. The number of aliphatic hydroxyl groups excluding tert-OH is 1. The van der Waals surface area contributed by atoms with Crippen LogP contribution in [0.4, 0.5) is 0 Å². The van der Waals surface area contributed by atoms with Crippen LogP contribution < -0.4 is 0 Å². The van der Waals surface area contributed by atoms with E-state index in [-0.39, 0.29) is 17.4 Å². The number of H-pyrrole nitrogens is 1. The van der Waals surface area contributed by atoms with Gasteiger partial charge in [-0.25, -0.2) is 0 Å². The Morgan fingerprint density at radius 1 is 1.17 bits per heavy atom. The lowest BCUT2D eigenvalue weighted by Gasteiger charge is -2.56. The molecule has 1 unspecified atom stereocenters. The zero-order valence-electron chi connectivity index (χ0n) is 17.0. The van der Waals surface area contributed by atoms with E-state index in [1.54, 1.807) is 14.0 Å². The molecule has 1 heterocycles. The second-order valence-electron chi connectivity index (χ2n) is 9.23. The summed E-state index contributed by atoms with van der Waals surface area (Å²) in [6.45, 7) is 3.89. The van der Waals surface area contributed by atoms with E-state index in [1.165, 1.54) is 5.39 Å². The van der Waals surface area contributed by atoms with Crippen LogP contribution in [0, 0.1) is 11.3 Å². The van der Waals surface area contributed by atoms with Gasteiger partial charge < -0.3 is 19.9 Å². The van der Waals surface area contributed by atoms with Crippen molar-refractivity contribution in [1.29, 1.82) is 0 Å². The fourth-order valence-electron chi connectivity index (χ4n) is 6.16. The van der Waals surface area contributed by atoms with Crippen molar-refractivity contribution in [1.82, 2.24) is 4.98 Å². The minimum Gasteiger partial charge on any atom is -0.481 e. The lowest BCUT2D eigenvalue weighted by Crippen LogP contribution is -2.59. The maximum absolute atomic E-state index is 12.3. The summed E-state index contributed by atoms with van der Waals surface area (Å²) in [5.74, 6) is -1.14. The Labute approximate surface area is 169 Å². The van der Waals surface area contributed by atoms with Crippen molar-refractivity contribution < 1.29 is 19.7 Å². The van der Waals surface area contributed by atoms with Gasteiger partial charge in [0.2, 0.25) is 0 Å². The van der Waals surface area contributed by atoms with Gasteiger partial charge in [-0.05, 0) is 66.8 Å². The number of para-hydroxylation sites is 1. The molecule has 152 valence electrons. The Hall–Kier alpha value is -2.37. The van der Waals surface area contributed by atoms with E-state index in [0.29, 0.717) is 12.8 Å². The molecule has 0 amide bonds. The Bertz CT molecular complexity index is 1130. The molecular formula is C24H27NO4. The number of benzene rings is 2. The summed E-state index contributed by atoms with van der Waals surface area (Å²) in [5, 5.41) is 23.1. The molecule has 3 aromatic rings. The SMILES string of the molecule is COC1C[C@H]2[C@](C)(C(=O)O)[C@@H](O)CC[C@]2(C)c2cc3c(cc21)[nH]c1ccccc13. The zero-order chi connectivity index (χ0) is 20.6. The highest BCUT2D eigenvalue weighted by atomic mass is 16.5. The Kier molecular flexibility index (Phi) is 3.90. The van der Waals surface area contributed by atoms with Crippen molar-refractivity contribution >= 4 is 27.8 Å². The summed E-state index contributed by atoms with van der Waals surface area (Å²) in [7, 11) is 1.68. The van der Waals surface area contributed by atoms with E-state index >= 15 is 0 Å². The Morgan fingerprint density at radius 2 is 1.93 bits per heavy atom. The second-order valence-corrected chi connectivity index (χ2v) is 9.23. The third kappa shape index (κ3) is 2.31. The summed E-state index contributed by atoms with van der Waals surface area (Å²) in [6, 6.07) is 12.7. The predicted molar refractivity (Wildman–Crippen MR) is 112 cm³/mol. The van der Waals surface area contributed by atoms with Crippen molar-refractivity contribution in [2.45, 2.75) is 50.7 Å². The number of rotatable bonds is 2. The highest BCUT2D eigenvalue weighted by molar-refractivity contribution is 6.07. The molecule has 1 saturated carbocycles. The van der Waals surface area contributed by atoms with Gasteiger partial charge in [0.25, 0.3) is 0 Å². The minimum absolute atomic E-state index is 0.192. The first-order valence-electron chi connectivity index (χ1n) is 10.3. The number of aromatic amines is 1. The monoisotopic (exact) mass is 393 g/mol. The molecular weight excluding hydrogens is 366 g/mol. The number of hydrogen-bond acceptors (Lipinski definition) is 3. The molecule has 0 bridgehead atoms. The first-order chi connectivity index (χ1) is 13.8. The highest BCUT2D eigenvalue weighted by Crippen LogP contribution is 2.60. The summed E-state index contributed by atoms with van der Waals surface area (Å²) in [6.07, 6.45) is 0.792. The molecule has 3 N–H and O–H groups in total. The van der Waals surface area contributed by atoms with Crippen molar-refractivity contribution in [2.75, 3.05) is 7.11 Å². The van der Waals surface area contributed by atoms with E-state index in [0.717, 1.165) is 34.0 Å². The van der Waals surface area contributed by atoms with Crippen LogP contribution in [0.1, 0.15) is 50.3 Å². The van der Waals surface area contributed by atoms with Gasteiger partial charge in [0, 0.05) is 28.9 Å². The number of aliphatic hydroxyl groups is 1. The van der Waals surface area contributed by atoms with Crippen molar-refractivity contribution in [3.05, 3.63) is 47.5 Å². The number of aromatic nitrogens is 1. The number of carboxylic acid groups (broad SMARTS) is 1. The maximum atomic E-state index is 12.3. The third-order valence-electron chi connectivity index (χ3n) is 7.96. The minimum atomic E-state index is -1.20. The second kappa shape index (κ2) is 6.07. The fraction of sp³-hybridized carbons (Fsp3) is 0.458. The van der Waals surface area contributed by atoms with E-state index in [9.17, 15) is 15.0 Å². The van der Waals surface area contributed by atoms with Crippen molar-refractivity contribution in [3.63, 3.8) is 0 Å². The first-order valence-corrected chi connectivity index (χ1v) is 10.3. The zero-order valence-corrected chi connectivity index (χ0v) is 17.0. The topological polar surface area (TPSA) is 82.6 Å². The van der Waals surface area contributed by atoms with Crippen LogP contribution in [0.15, 0.2) is 36.4 Å². The molecule has 2 aliphatic rings. The molecule has 0 spiro atoms. The number of carboxylic acids is 1. The summed E-state index contributed by atoms with van der Waals surface area (Å²) < 4.78 is 5.85. The molecule has 5 rings (SSSR count). The predicted octanol–water partition coefficient (Wildman–Crippen LogP) is 4.53. The van der Waals surface area contributed by atoms with Crippen LogP contribution in [0.25, 0.3) is 21.8 Å². The van der Waals surface area contributed by atoms with Gasteiger partial charge in [0.1, 0.15) is 0 Å². The van der Waals surface area contributed by atoms with E-state index < -0.39 is 17.5 Å². The quantitative estimate of drug-likeness (QED) is 0.597. The molecule has 1 fully saturated rings. The van der Waals surface area contributed by atoms with E-state index in [2.05, 4.69) is 36.2 Å².